The van der Waals surface area contributed by atoms with Gasteiger partial charge in [-0.3, -0.25) is 4.79 Å². The lowest BCUT2D eigenvalue weighted by Gasteiger charge is -2.09. The Morgan fingerprint density at radius 2 is 1.85 bits per heavy atom. The molecule has 0 aliphatic heterocycles. The van der Waals surface area contributed by atoms with E-state index in [0.29, 0.717) is 12.4 Å². The molecule has 3 rings (SSSR count). The maximum atomic E-state index is 12.1. The van der Waals surface area contributed by atoms with E-state index >= 15 is 0 Å². The molecule has 0 saturated heterocycles. The summed E-state index contributed by atoms with van der Waals surface area (Å²) in [5.74, 6) is 0.0675. The Kier molecular flexibility index (Phi) is 6.22. The summed E-state index contributed by atoms with van der Waals surface area (Å²) >= 11 is 3.44. The number of para-hydroxylation sites is 2. The lowest BCUT2D eigenvalue weighted by atomic mass is 10.2. The third-order valence-electron chi connectivity index (χ3n) is 3.72. The van der Waals surface area contributed by atoms with Crippen LogP contribution in [0.15, 0.2) is 82.4 Å². The average Bonchev–Trinajstić information content (AvgIpc) is 2.67. The van der Waals surface area contributed by atoms with Crippen LogP contribution in [0.5, 0.6) is 11.5 Å². The monoisotopic (exact) mass is 424 g/mol. The molecule has 2 N–H and O–H groups in total. The number of phenols is 1. The maximum Gasteiger partial charge on any atom is 0.275 e. The Morgan fingerprint density at radius 1 is 1.07 bits per heavy atom. The number of carbonyl (C=O) groups excluding carboxylic acids is 1. The second-order valence-corrected chi connectivity index (χ2v) is 6.59. The maximum absolute atomic E-state index is 12.1. The number of halogens is 1. The first-order valence-electron chi connectivity index (χ1n) is 8.21. The minimum atomic E-state index is -0.489. The zero-order valence-electron chi connectivity index (χ0n) is 14.3. The van der Waals surface area contributed by atoms with Gasteiger partial charge in [0.05, 0.1) is 11.8 Å². The van der Waals surface area contributed by atoms with Crippen LogP contribution < -0.4 is 10.2 Å². The van der Waals surface area contributed by atoms with Crippen molar-refractivity contribution in [2.24, 2.45) is 5.10 Å². The summed E-state index contributed by atoms with van der Waals surface area (Å²) in [6, 6.07) is 21.6. The minimum absolute atomic E-state index is 0.0945. The van der Waals surface area contributed by atoms with E-state index in [1.165, 1.54) is 18.3 Å². The van der Waals surface area contributed by atoms with Crippen molar-refractivity contribution in [2.45, 2.75) is 6.61 Å². The van der Waals surface area contributed by atoms with Gasteiger partial charge in [0, 0.05) is 10.0 Å². The Bertz CT molecular complexity index is 973. The molecule has 1 amide bonds. The third-order valence-corrected chi connectivity index (χ3v) is 4.21. The Balaban J connectivity index is 1.66. The molecule has 0 atom stereocenters. The van der Waals surface area contributed by atoms with Crippen LogP contribution in [0.1, 0.15) is 21.5 Å². The number of hydrogen-bond donors (Lipinski definition) is 2. The predicted molar refractivity (Wildman–Crippen MR) is 108 cm³/mol. The third kappa shape index (κ3) is 5.18. The fourth-order valence-electron chi connectivity index (χ4n) is 2.39. The van der Waals surface area contributed by atoms with Crippen LogP contribution in [0.2, 0.25) is 0 Å². The van der Waals surface area contributed by atoms with Crippen molar-refractivity contribution >= 4 is 28.1 Å². The minimum Gasteiger partial charge on any atom is -0.507 e. The van der Waals surface area contributed by atoms with Crippen LogP contribution in [-0.2, 0) is 6.61 Å². The van der Waals surface area contributed by atoms with Crippen LogP contribution >= 0.6 is 15.9 Å². The van der Waals surface area contributed by atoms with E-state index in [9.17, 15) is 9.90 Å². The molecule has 6 heteroatoms. The molecule has 27 heavy (non-hydrogen) atoms. The van der Waals surface area contributed by atoms with Crippen LogP contribution in [0, 0.1) is 0 Å². The Morgan fingerprint density at radius 3 is 2.67 bits per heavy atom. The van der Waals surface area contributed by atoms with Gasteiger partial charge in [-0.05, 0) is 42.0 Å². The van der Waals surface area contributed by atoms with Gasteiger partial charge in [0.1, 0.15) is 18.1 Å². The van der Waals surface area contributed by atoms with Crippen molar-refractivity contribution in [3.8, 4) is 11.5 Å². The van der Waals surface area contributed by atoms with Crippen molar-refractivity contribution in [3.05, 3.63) is 94.0 Å². The zero-order valence-corrected chi connectivity index (χ0v) is 15.9. The number of carbonyl (C=O) groups is 1. The molecule has 0 aromatic heterocycles. The molecular weight excluding hydrogens is 408 g/mol. The van der Waals surface area contributed by atoms with Crippen molar-refractivity contribution in [3.63, 3.8) is 0 Å². The van der Waals surface area contributed by atoms with Gasteiger partial charge in [0.25, 0.3) is 5.91 Å². The Labute approximate surface area is 165 Å². The summed E-state index contributed by atoms with van der Waals surface area (Å²) < 4.78 is 6.87. The van der Waals surface area contributed by atoms with Crippen LogP contribution in [0.3, 0.4) is 0 Å². The second kappa shape index (κ2) is 9.00. The Hall–Kier alpha value is -3.12. The zero-order chi connectivity index (χ0) is 19.1. The smallest absolute Gasteiger partial charge is 0.275 e. The highest BCUT2D eigenvalue weighted by Gasteiger charge is 2.09. The van der Waals surface area contributed by atoms with Gasteiger partial charge < -0.3 is 9.84 Å². The molecule has 0 saturated carbocycles. The van der Waals surface area contributed by atoms with Gasteiger partial charge in [-0.1, -0.05) is 52.3 Å². The van der Waals surface area contributed by atoms with Gasteiger partial charge in [0.15, 0.2) is 0 Å². The molecule has 3 aromatic rings. The number of benzene rings is 3. The number of amides is 1. The van der Waals surface area contributed by atoms with E-state index in [2.05, 4.69) is 26.5 Å². The van der Waals surface area contributed by atoms with Gasteiger partial charge in [-0.2, -0.15) is 5.10 Å². The fourth-order valence-corrected chi connectivity index (χ4v) is 2.84. The highest BCUT2D eigenvalue weighted by atomic mass is 79.9. The van der Waals surface area contributed by atoms with Crippen molar-refractivity contribution in [2.75, 3.05) is 0 Å². The molecule has 0 spiro atoms. The number of phenolic OH excluding ortho intramolecular Hbond substituents is 1. The number of ether oxygens (including phenoxy) is 1. The number of hydrazone groups is 1. The first-order chi connectivity index (χ1) is 13.1. The molecule has 0 heterocycles. The number of nitrogens with one attached hydrogen (secondary N) is 1. The molecular formula is C21H17BrN2O3. The van der Waals surface area contributed by atoms with E-state index < -0.39 is 5.91 Å². The summed E-state index contributed by atoms with van der Waals surface area (Å²) in [6.07, 6.45) is 1.51. The molecule has 0 aliphatic carbocycles. The van der Waals surface area contributed by atoms with E-state index in [4.69, 9.17) is 4.74 Å². The van der Waals surface area contributed by atoms with Crippen LogP contribution in [0.4, 0.5) is 0 Å². The standard InChI is InChI=1S/C21H17BrN2O3/c22-17-8-5-6-15(12-17)14-27-20-11-4-1-7-16(20)13-23-24-21(26)18-9-2-3-10-19(18)25/h1-13,25H,14H2,(H,24,26)/b23-13-. The highest BCUT2D eigenvalue weighted by Crippen LogP contribution is 2.19. The van der Waals surface area contributed by atoms with Crippen molar-refractivity contribution < 1.29 is 14.6 Å². The number of rotatable bonds is 6. The molecule has 3 aromatic carbocycles. The number of aromatic hydroxyl groups is 1. The van der Waals surface area contributed by atoms with Gasteiger partial charge in [-0.15, -0.1) is 0 Å². The molecule has 5 nitrogen and oxygen atoms in total. The van der Waals surface area contributed by atoms with E-state index in [1.54, 1.807) is 12.1 Å². The number of hydrogen-bond acceptors (Lipinski definition) is 4. The normalized spacial score (nSPS) is 10.7. The lowest BCUT2D eigenvalue weighted by molar-refractivity contribution is 0.0952. The summed E-state index contributed by atoms with van der Waals surface area (Å²) in [7, 11) is 0. The fraction of sp³-hybridized carbons (Fsp3) is 0.0476. The number of nitrogens with zero attached hydrogens (tertiary/aromatic N) is 1. The molecule has 0 aliphatic rings. The van der Waals surface area contributed by atoms with E-state index in [0.717, 1.165) is 15.6 Å². The van der Waals surface area contributed by atoms with Gasteiger partial charge in [-0.25, -0.2) is 5.43 Å². The predicted octanol–water partition coefficient (Wildman–Crippen LogP) is 4.50. The molecule has 0 bridgehead atoms. The summed E-state index contributed by atoms with van der Waals surface area (Å²) in [5, 5.41) is 13.7. The van der Waals surface area contributed by atoms with E-state index in [-0.39, 0.29) is 11.3 Å². The van der Waals surface area contributed by atoms with E-state index in [1.807, 2.05) is 48.5 Å². The first-order valence-corrected chi connectivity index (χ1v) is 9.00. The van der Waals surface area contributed by atoms with Crippen LogP contribution in [-0.4, -0.2) is 17.2 Å². The summed E-state index contributed by atoms with van der Waals surface area (Å²) in [5.41, 5.74) is 4.32. The molecule has 0 radical (unpaired) electrons. The molecule has 0 unspecified atom stereocenters. The highest BCUT2D eigenvalue weighted by molar-refractivity contribution is 9.10. The van der Waals surface area contributed by atoms with Gasteiger partial charge >= 0.3 is 0 Å². The largest absolute Gasteiger partial charge is 0.507 e. The molecule has 0 fully saturated rings. The van der Waals surface area contributed by atoms with Crippen LogP contribution in [0.25, 0.3) is 0 Å². The topological polar surface area (TPSA) is 70.9 Å². The van der Waals surface area contributed by atoms with Crippen molar-refractivity contribution in [1.82, 2.24) is 5.43 Å². The first kappa shape index (κ1) is 18.7. The summed E-state index contributed by atoms with van der Waals surface area (Å²) in [6.45, 7) is 0.411. The second-order valence-electron chi connectivity index (χ2n) is 5.67. The quantitative estimate of drug-likeness (QED) is 0.452. The molecule has 136 valence electrons. The van der Waals surface area contributed by atoms with Gasteiger partial charge in [0.2, 0.25) is 0 Å². The lowest BCUT2D eigenvalue weighted by Crippen LogP contribution is -2.17. The van der Waals surface area contributed by atoms with Crippen molar-refractivity contribution in [1.29, 1.82) is 0 Å². The SMILES string of the molecule is O=C(N/N=C\c1ccccc1OCc1cccc(Br)c1)c1ccccc1O. The summed E-state index contributed by atoms with van der Waals surface area (Å²) in [4.78, 5) is 12.1. The average molecular weight is 425 g/mol.